The Bertz CT molecular complexity index is 559. The van der Waals surface area contributed by atoms with Gasteiger partial charge in [-0.15, -0.1) is 0 Å². The molecular weight excluding hydrogens is 272 g/mol. The first-order chi connectivity index (χ1) is 9.93. The Hall–Kier alpha value is -2.11. The molecule has 0 radical (unpaired) electrons. The molecule has 0 bridgehead atoms. The quantitative estimate of drug-likeness (QED) is 0.681. The van der Waals surface area contributed by atoms with E-state index in [1.807, 2.05) is 6.92 Å². The number of carbonyl (C=O) groups is 1. The van der Waals surface area contributed by atoms with Gasteiger partial charge in [0.15, 0.2) is 0 Å². The highest BCUT2D eigenvalue weighted by molar-refractivity contribution is 5.80. The first-order valence-corrected chi connectivity index (χ1v) is 7.18. The average molecular weight is 292 g/mol. The van der Waals surface area contributed by atoms with Crippen molar-refractivity contribution in [3.63, 3.8) is 0 Å². The van der Waals surface area contributed by atoms with Crippen molar-refractivity contribution in [1.82, 2.24) is 0 Å². The van der Waals surface area contributed by atoms with Crippen LogP contribution < -0.4 is 4.90 Å². The van der Waals surface area contributed by atoms with E-state index in [4.69, 9.17) is 0 Å². The lowest BCUT2D eigenvalue weighted by Gasteiger charge is -2.38. The number of nitro groups is 1. The van der Waals surface area contributed by atoms with E-state index in [1.54, 1.807) is 24.0 Å². The number of carboxylic acids is 1. The van der Waals surface area contributed by atoms with Crippen LogP contribution in [0.4, 0.5) is 11.4 Å². The molecule has 1 aromatic carbocycles. The third-order valence-electron chi connectivity index (χ3n) is 4.21. The van der Waals surface area contributed by atoms with Crippen molar-refractivity contribution in [1.29, 1.82) is 0 Å². The molecule has 1 heterocycles. The summed E-state index contributed by atoms with van der Waals surface area (Å²) in [6, 6.07) is 4.26. The summed E-state index contributed by atoms with van der Waals surface area (Å²) >= 11 is 0. The van der Waals surface area contributed by atoms with Crippen molar-refractivity contribution in [3.8, 4) is 0 Å². The molecule has 2 atom stereocenters. The number of rotatable bonds is 4. The Labute approximate surface area is 123 Å². The molecule has 1 aliphatic rings. The molecule has 1 fully saturated rings. The van der Waals surface area contributed by atoms with Gasteiger partial charge in [-0.2, -0.15) is 0 Å². The molecule has 21 heavy (non-hydrogen) atoms. The van der Waals surface area contributed by atoms with Crippen LogP contribution in [0.1, 0.15) is 31.7 Å². The predicted octanol–water partition coefficient (Wildman–Crippen LogP) is 2.98. The predicted molar refractivity (Wildman–Crippen MR) is 79.6 cm³/mol. The number of anilines is 1. The van der Waals surface area contributed by atoms with Crippen molar-refractivity contribution in [2.75, 3.05) is 11.4 Å². The number of nitrogens with zero attached hydrogens (tertiary/aromatic N) is 2. The first kappa shape index (κ1) is 15.3. The van der Waals surface area contributed by atoms with Crippen LogP contribution in [0.25, 0.3) is 0 Å². The number of piperidine rings is 1. The maximum Gasteiger partial charge on any atom is 0.326 e. The van der Waals surface area contributed by atoms with Gasteiger partial charge < -0.3 is 10.0 Å². The number of hydrogen-bond acceptors (Lipinski definition) is 4. The SMILES string of the molecule is CCC1CCN(c2ccc(C)cc2[N+](=O)[O-])C(C(=O)O)C1. The highest BCUT2D eigenvalue weighted by Crippen LogP contribution is 2.35. The van der Waals surface area contributed by atoms with E-state index >= 15 is 0 Å². The molecule has 0 aliphatic carbocycles. The van der Waals surface area contributed by atoms with E-state index in [1.165, 1.54) is 6.07 Å². The zero-order valence-electron chi connectivity index (χ0n) is 12.3. The minimum Gasteiger partial charge on any atom is -0.480 e. The largest absolute Gasteiger partial charge is 0.480 e. The Morgan fingerprint density at radius 1 is 1.52 bits per heavy atom. The van der Waals surface area contributed by atoms with Crippen molar-refractivity contribution in [3.05, 3.63) is 33.9 Å². The monoisotopic (exact) mass is 292 g/mol. The second kappa shape index (κ2) is 6.11. The van der Waals surface area contributed by atoms with Gasteiger partial charge in [-0.05, 0) is 37.3 Å². The molecule has 0 saturated carbocycles. The molecule has 1 saturated heterocycles. The van der Waals surface area contributed by atoms with Gasteiger partial charge in [0, 0.05) is 12.6 Å². The van der Waals surface area contributed by atoms with Crippen LogP contribution in [0.5, 0.6) is 0 Å². The molecule has 6 nitrogen and oxygen atoms in total. The van der Waals surface area contributed by atoms with E-state index in [0.717, 1.165) is 18.4 Å². The zero-order valence-corrected chi connectivity index (χ0v) is 12.3. The third-order valence-corrected chi connectivity index (χ3v) is 4.21. The van der Waals surface area contributed by atoms with Gasteiger partial charge in [-0.1, -0.05) is 19.4 Å². The van der Waals surface area contributed by atoms with Gasteiger partial charge in [0.2, 0.25) is 0 Å². The number of carboxylic acid groups (broad SMARTS) is 1. The number of nitro benzene ring substituents is 1. The topological polar surface area (TPSA) is 83.7 Å². The number of aryl methyl sites for hydroxylation is 1. The summed E-state index contributed by atoms with van der Waals surface area (Å²) in [5.41, 5.74) is 1.18. The summed E-state index contributed by atoms with van der Waals surface area (Å²) in [4.78, 5) is 24.0. The number of benzene rings is 1. The van der Waals surface area contributed by atoms with Crippen LogP contribution in [-0.4, -0.2) is 28.6 Å². The van der Waals surface area contributed by atoms with Crippen LogP contribution in [0, 0.1) is 23.0 Å². The smallest absolute Gasteiger partial charge is 0.326 e. The van der Waals surface area contributed by atoms with Gasteiger partial charge in [-0.25, -0.2) is 4.79 Å². The van der Waals surface area contributed by atoms with Gasteiger partial charge in [0.1, 0.15) is 11.7 Å². The number of aliphatic carboxylic acids is 1. The van der Waals surface area contributed by atoms with Gasteiger partial charge in [0.05, 0.1) is 4.92 Å². The first-order valence-electron chi connectivity index (χ1n) is 7.18. The molecule has 2 rings (SSSR count). The van der Waals surface area contributed by atoms with E-state index in [0.29, 0.717) is 24.6 Å². The Morgan fingerprint density at radius 3 is 2.81 bits per heavy atom. The molecule has 1 aliphatic heterocycles. The molecule has 2 unspecified atom stereocenters. The van der Waals surface area contributed by atoms with Crippen molar-refractivity contribution < 1.29 is 14.8 Å². The summed E-state index contributed by atoms with van der Waals surface area (Å²) < 4.78 is 0. The van der Waals surface area contributed by atoms with Crippen molar-refractivity contribution >= 4 is 17.3 Å². The minimum absolute atomic E-state index is 0.0174. The van der Waals surface area contributed by atoms with E-state index < -0.39 is 16.9 Å². The van der Waals surface area contributed by atoms with Crippen LogP contribution in [0.2, 0.25) is 0 Å². The van der Waals surface area contributed by atoms with E-state index in [9.17, 15) is 20.0 Å². The number of hydrogen-bond donors (Lipinski definition) is 1. The van der Waals surface area contributed by atoms with Crippen LogP contribution in [0.15, 0.2) is 18.2 Å². The van der Waals surface area contributed by atoms with E-state index in [2.05, 4.69) is 0 Å². The summed E-state index contributed by atoms with van der Waals surface area (Å²) in [6.07, 6.45) is 2.34. The summed E-state index contributed by atoms with van der Waals surface area (Å²) in [5, 5.41) is 20.7. The molecule has 1 aromatic rings. The van der Waals surface area contributed by atoms with Gasteiger partial charge in [0.25, 0.3) is 5.69 Å². The van der Waals surface area contributed by atoms with Crippen molar-refractivity contribution in [2.24, 2.45) is 5.92 Å². The minimum atomic E-state index is -0.914. The molecular formula is C15H20N2O4. The van der Waals surface area contributed by atoms with Crippen molar-refractivity contribution in [2.45, 2.75) is 39.2 Å². The van der Waals surface area contributed by atoms with Crippen LogP contribution in [-0.2, 0) is 4.79 Å². The second-order valence-corrected chi connectivity index (χ2v) is 5.60. The summed E-state index contributed by atoms with van der Waals surface area (Å²) in [7, 11) is 0. The maximum atomic E-state index is 11.5. The maximum absolute atomic E-state index is 11.5. The third kappa shape index (κ3) is 3.15. The van der Waals surface area contributed by atoms with Gasteiger partial charge in [-0.3, -0.25) is 10.1 Å². The molecule has 0 spiro atoms. The molecule has 114 valence electrons. The molecule has 0 amide bonds. The Balaban J connectivity index is 2.40. The summed E-state index contributed by atoms with van der Waals surface area (Å²) in [6.45, 7) is 4.38. The second-order valence-electron chi connectivity index (χ2n) is 5.60. The Morgan fingerprint density at radius 2 is 2.24 bits per heavy atom. The fraction of sp³-hybridized carbons (Fsp3) is 0.533. The Kier molecular flexibility index (Phi) is 4.45. The van der Waals surface area contributed by atoms with E-state index in [-0.39, 0.29) is 5.69 Å². The fourth-order valence-corrected chi connectivity index (χ4v) is 2.95. The molecule has 0 aromatic heterocycles. The lowest BCUT2D eigenvalue weighted by molar-refractivity contribution is -0.384. The lowest BCUT2D eigenvalue weighted by Crippen LogP contribution is -2.47. The fourth-order valence-electron chi connectivity index (χ4n) is 2.95. The summed E-state index contributed by atoms with van der Waals surface area (Å²) in [5.74, 6) is -0.546. The molecule has 1 N–H and O–H groups in total. The van der Waals surface area contributed by atoms with Gasteiger partial charge >= 0.3 is 5.97 Å². The molecule has 6 heteroatoms. The lowest BCUT2D eigenvalue weighted by atomic mass is 9.88. The van der Waals surface area contributed by atoms with Crippen LogP contribution in [0.3, 0.4) is 0 Å². The highest BCUT2D eigenvalue weighted by Gasteiger charge is 2.35. The standard InChI is InChI=1S/C15H20N2O4/c1-3-11-6-7-16(14(9-11)15(18)19)12-5-4-10(2)8-13(12)17(20)21/h4-5,8,11,14H,3,6-7,9H2,1-2H3,(H,18,19). The highest BCUT2D eigenvalue weighted by atomic mass is 16.6. The average Bonchev–Trinajstić information content (AvgIpc) is 2.46. The normalized spacial score (nSPS) is 22.1. The zero-order chi connectivity index (χ0) is 15.6. The van der Waals surface area contributed by atoms with Crippen LogP contribution >= 0.6 is 0 Å².